The van der Waals surface area contributed by atoms with E-state index in [2.05, 4.69) is 12.2 Å². The molecule has 1 atom stereocenters. The van der Waals surface area contributed by atoms with Crippen molar-refractivity contribution in [3.05, 3.63) is 23.8 Å². The summed E-state index contributed by atoms with van der Waals surface area (Å²) in [4.78, 5) is 0. The van der Waals surface area contributed by atoms with Crippen LogP contribution in [-0.2, 0) is 6.42 Å². The van der Waals surface area contributed by atoms with Gasteiger partial charge >= 0.3 is 0 Å². The van der Waals surface area contributed by atoms with Crippen molar-refractivity contribution in [1.29, 1.82) is 0 Å². The van der Waals surface area contributed by atoms with Crippen LogP contribution in [0.2, 0.25) is 0 Å². The van der Waals surface area contributed by atoms with Gasteiger partial charge in [-0.15, -0.1) is 0 Å². The van der Waals surface area contributed by atoms with Crippen molar-refractivity contribution in [2.75, 3.05) is 5.32 Å². The minimum atomic E-state index is 0.361. The Balaban J connectivity index is 2.43. The fourth-order valence-corrected chi connectivity index (χ4v) is 1.54. The molecule has 0 fully saturated rings. The third-order valence-corrected chi connectivity index (χ3v) is 2.02. The number of phenols is 1. The molecule has 0 amide bonds. The summed E-state index contributed by atoms with van der Waals surface area (Å²) in [6.45, 7) is 2.14. The van der Waals surface area contributed by atoms with E-state index in [-0.39, 0.29) is 0 Å². The second-order valence-corrected chi connectivity index (χ2v) is 3.09. The normalized spacial score (nSPS) is 21.0. The monoisotopic (exact) mass is 149 g/mol. The van der Waals surface area contributed by atoms with Crippen LogP contribution in [0.4, 0.5) is 5.69 Å². The van der Waals surface area contributed by atoms with Crippen LogP contribution < -0.4 is 5.32 Å². The van der Waals surface area contributed by atoms with E-state index in [9.17, 15) is 0 Å². The lowest BCUT2D eigenvalue weighted by Gasteiger charge is -2.00. The topological polar surface area (TPSA) is 32.3 Å². The zero-order valence-corrected chi connectivity index (χ0v) is 6.46. The maximum Gasteiger partial charge on any atom is 0.116 e. The van der Waals surface area contributed by atoms with Crippen LogP contribution in [0.5, 0.6) is 5.75 Å². The van der Waals surface area contributed by atoms with Crippen LogP contribution >= 0.6 is 0 Å². The molecule has 2 rings (SSSR count). The first-order valence-electron chi connectivity index (χ1n) is 3.84. The summed E-state index contributed by atoms with van der Waals surface area (Å²) in [5.41, 5.74) is 2.38. The first-order chi connectivity index (χ1) is 5.25. The SMILES string of the molecule is C[C@@H]1Cc2cc(O)ccc2N1. The Labute approximate surface area is 65.9 Å². The van der Waals surface area contributed by atoms with Crippen molar-refractivity contribution in [3.63, 3.8) is 0 Å². The van der Waals surface area contributed by atoms with E-state index < -0.39 is 0 Å². The van der Waals surface area contributed by atoms with E-state index in [1.807, 2.05) is 12.1 Å². The maximum atomic E-state index is 9.15. The Morgan fingerprint density at radius 3 is 3.18 bits per heavy atom. The Morgan fingerprint density at radius 1 is 1.55 bits per heavy atom. The number of nitrogens with one attached hydrogen (secondary N) is 1. The summed E-state index contributed by atoms with van der Waals surface area (Å²) in [6, 6.07) is 5.97. The number of hydrogen-bond acceptors (Lipinski definition) is 2. The first-order valence-corrected chi connectivity index (χ1v) is 3.84. The number of aromatic hydroxyl groups is 1. The maximum absolute atomic E-state index is 9.15. The largest absolute Gasteiger partial charge is 0.508 e. The van der Waals surface area contributed by atoms with Crippen molar-refractivity contribution in [1.82, 2.24) is 0 Å². The van der Waals surface area contributed by atoms with Crippen molar-refractivity contribution in [2.24, 2.45) is 0 Å². The summed E-state index contributed by atoms with van der Waals surface area (Å²) in [5, 5.41) is 12.5. The number of anilines is 1. The molecule has 0 spiro atoms. The van der Waals surface area contributed by atoms with Gasteiger partial charge < -0.3 is 10.4 Å². The van der Waals surface area contributed by atoms with E-state index in [0.29, 0.717) is 11.8 Å². The Morgan fingerprint density at radius 2 is 2.36 bits per heavy atom. The predicted molar refractivity (Wildman–Crippen MR) is 44.9 cm³/mol. The second kappa shape index (κ2) is 2.16. The van der Waals surface area contributed by atoms with Crippen molar-refractivity contribution in [2.45, 2.75) is 19.4 Å². The lowest BCUT2D eigenvalue weighted by atomic mass is 10.1. The Bertz CT molecular complexity index is 283. The van der Waals surface area contributed by atoms with Crippen LogP contribution in [0.15, 0.2) is 18.2 Å². The highest BCUT2D eigenvalue weighted by atomic mass is 16.3. The molecule has 1 aliphatic heterocycles. The smallest absolute Gasteiger partial charge is 0.116 e. The van der Waals surface area contributed by atoms with E-state index in [1.54, 1.807) is 6.07 Å². The van der Waals surface area contributed by atoms with Gasteiger partial charge in [-0.05, 0) is 37.1 Å². The molecule has 1 aliphatic rings. The number of benzene rings is 1. The second-order valence-electron chi connectivity index (χ2n) is 3.09. The molecule has 2 nitrogen and oxygen atoms in total. The molecule has 0 aromatic heterocycles. The highest BCUT2D eigenvalue weighted by Gasteiger charge is 2.15. The minimum absolute atomic E-state index is 0.361. The van der Waals surface area contributed by atoms with Crippen LogP contribution in [0, 0.1) is 0 Å². The third kappa shape index (κ3) is 1.04. The highest BCUT2D eigenvalue weighted by Crippen LogP contribution is 2.28. The Kier molecular flexibility index (Phi) is 1.28. The van der Waals surface area contributed by atoms with Crippen LogP contribution in [-0.4, -0.2) is 11.1 Å². The van der Waals surface area contributed by atoms with Gasteiger partial charge in [-0.25, -0.2) is 0 Å². The van der Waals surface area contributed by atoms with E-state index >= 15 is 0 Å². The molecule has 58 valence electrons. The number of phenolic OH excluding ortho intramolecular Hbond substituents is 1. The van der Waals surface area contributed by atoms with Gasteiger partial charge in [0.2, 0.25) is 0 Å². The predicted octanol–water partition coefficient (Wildman–Crippen LogP) is 1.75. The van der Waals surface area contributed by atoms with Gasteiger partial charge in [0, 0.05) is 11.7 Å². The van der Waals surface area contributed by atoms with Crippen LogP contribution in [0.3, 0.4) is 0 Å². The molecule has 1 aromatic rings. The average molecular weight is 149 g/mol. The zero-order chi connectivity index (χ0) is 7.84. The quantitative estimate of drug-likeness (QED) is 0.551. The molecule has 11 heavy (non-hydrogen) atoms. The van der Waals surface area contributed by atoms with Gasteiger partial charge in [-0.2, -0.15) is 0 Å². The molecule has 0 saturated carbocycles. The lowest BCUT2D eigenvalue weighted by Crippen LogP contribution is -2.08. The molecular formula is C9H11NO. The van der Waals surface area contributed by atoms with Gasteiger partial charge in [-0.3, -0.25) is 0 Å². The number of hydrogen-bond donors (Lipinski definition) is 2. The van der Waals surface area contributed by atoms with Crippen LogP contribution in [0.1, 0.15) is 12.5 Å². The summed E-state index contributed by atoms with van der Waals surface area (Å²) >= 11 is 0. The molecule has 1 aromatic carbocycles. The van der Waals surface area contributed by atoms with E-state index in [1.165, 1.54) is 5.56 Å². The van der Waals surface area contributed by atoms with Gasteiger partial charge in [0.05, 0.1) is 0 Å². The van der Waals surface area contributed by atoms with Crippen molar-refractivity contribution in [3.8, 4) is 5.75 Å². The minimum Gasteiger partial charge on any atom is -0.508 e. The molecule has 2 N–H and O–H groups in total. The zero-order valence-electron chi connectivity index (χ0n) is 6.46. The Hall–Kier alpha value is -1.18. The summed E-state index contributed by atoms with van der Waals surface area (Å²) in [7, 11) is 0. The van der Waals surface area contributed by atoms with Crippen LogP contribution in [0.25, 0.3) is 0 Å². The standard InChI is InChI=1S/C9H11NO/c1-6-4-7-5-8(11)2-3-9(7)10-6/h2-3,5-6,10-11H,4H2,1H3/t6-/m1/s1. The molecule has 0 bridgehead atoms. The molecule has 0 unspecified atom stereocenters. The summed E-state index contributed by atoms with van der Waals surface area (Å²) in [6.07, 6.45) is 1.02. The van der Waals surface area contributed by atoms with E-state index in [0.717, 1.165) is 12.1 Å². The fraction of sp³-hybridized carbons (Fsp3) is 0.333. The molecule has 2 heteroatoms. The molecule has 1 heterocycles. The molecule has 0 aliphatic carbocycles. The third-order valence-electron chi connectivity index (χ3n) is 2.02. The molecule has 0 radical (unpaired) electrons. The van der Waals surface area contributed by atoms with Crippen molar-refractivity contribution < 1.29 is 5.11 Å². The van der Waals surface area contributed by atoms with Crippen molar-refractivity contribution >= 4 is 5.69 Å². The summed E-state index contributed by atoms with van der Waals surface area (Å²) < 4.78 is 0. The molecular weight excluding hydrogens is 138 g/mol. The summed E-state index contributed by atoms with van der Waals surface area (Å²) in [5.74, 6) is 0.361. The fourth-order valence-electron chi connectivity index (χ4n) is 1.54. The highest BCUT2D eigenvalue weighted by molar-refractivity contribution is 5.58. The lowest BCUT2D eigenvalue weighted by molar-refractivity contribution is 0.475. The first kappa shape index (κ1) is 6.53. The van der Waals surface area contributed by atoms with E-state index in [4.69, 9.17) is 5.11 Å². The van der Waals surface area contributed by atoms with Gasteiger partial charge in [0.15, 0.2) is 0 Å². The van der Waals surface area contributed by atoms with Gasteiger partial charge in [0.25, 0.3) is 0 Å². The molecule has 0 saturated heterocycles. The number of rotatable bonds is 0. The number of fused-ring (bicyclic) bond motifs is 1. The van der Waals surface area contributed by atoms with Gasteiger partial charge in [-0.1, -0.05) is 0 Å². The average Bonchev–Trinajstić information content (AvgIpc) is 2.27. The van der Waals surface area contributed by atoms with Gasteiger partial charge in [0.1, 0.15) is 5.75 Å².